The summed E-state index contributed by atoms with van der Waals surface area (Å²) in [4.78, 5) is 32.0. The maximum absolute atomic E-state index is 12.0. The van der Waals surface area contributed by atoms with Crippen molar-refractivity contribution in [1.29, 1.82) is 0 Å². The van der Waals surface area contributed by atoms with Gasteiger partial charge in [-0.3, -0.25) is 14.5 Å². The number of carbonyl (C=O) groups is 2. The number of benzene rings is 2. The van der Waals surface area contributed by atoms with E-state index in [0.29, 0.717) is 13.0 Å². The zero-order valence-electron chi connectivity index (χ0n) is 27.9. The van der Waals surface area contributed by atoms with E-state index in [1.54, 1.807) is 4.90 Å². The zero-order valence-corrected chi connectivity index (χ0v) is 27.9. The second-order valence-electron chi connectivity index (χ2n) is 11.3. The standard InChI is InChI=1S/C25H32N4O2.C7H15NO.C2H5NO/c1-7-25(30)28(5)16-20-9-8-18(2)14-23(20)31-21-12-10-19(11-13-21)22-15-26-24(29(22)6)17-27(3)4;1-2-3-8-4-6-9-7-5-8;1-2(3)4/h8-15H,7,16-17H2,1-6H3;2-7H2,1H3;1H3,(H2,3,4). The van der Waals surface area contributed by atoms with Crippen molar-refractivity contribution in [3.05, 3.63) is 65.6 Å². The number of morpholine rings is 1. The first-order valence-corrected chi connectivity index (χ1v) is 15.3. The van der Waals surface area contributed by atoms with Crippen molar-refractivity contribution in [2.45, 2.75) is 53.6 Å². The van der Waals surface area contributed by atoms with Gasteiger partial charge in [-0.25, -0.2) is 4.98 Å². The largest absolute Gasteiger partial charge is 0.457 e. The summed E-state index contributed by atoms with van der Waals surface area (Å²) in [5.41, 5.74) is 8.73. The van der Waals surface area contributed by atoms with Gasteiger partial charge in [0.25, 0.3) is 0 Å². The number of hydrogen-bond donors (Lipinski definition) is 1. The van der Waals surface area contributed by atoms with E-state index in [2.05, 4.69) is 32.0 Å². The van der Waals surface area contributed by atoms with Crippen molar-refractivity contribution in [3.63, 3.8) is 0 Å². The Hall–Kier alpha value is -3.73. The van der Waals surface area contributed by atoms with Crippen LogP contribution in [0, 0.1) is 6.92 Å². The first-order valence-electron chi connectivity index (χ1n) is 15.3. The first kappa shape index (κ1) is 36.5. The van der Waals surface area contributed by atoms with Gasteiger partial charge in [-0.2, -0.15) is 0 Å². The summed E-state index contributed by atoms with van der Waals surface area (Å²) < 4.78 is 13.5. The SMILES string of the molecule is CC(N)=O.CCC(=O)N(C)Cc1ccc(C)cc1Oc1ccc(-c2cnc(CN(C)C)n2C)cc1.CCCN1CCOCC1. The summed E-state index contributed by atoms with van der Waals surface area (Å²) in [5.74, 6) is 2.34. The molecule has 10 heteroatoms. The third-order valence-electron chi connectivity index (χ3n) is 6.92. The van der Waals surface area contributed by atoms with Crippen molar-refractivity contribution in [3.8, 4) is 22.8 Å². The minimum absolute atomic E-state index is 0.112. The molecule has 0 atom stereocenters. The van der Waals surface area contributed by atoms with E-state index in [1.807, 2.05) is 90.7 Å². The quantitative estimate of drug-likeness (QED) is 0.351. The van der Waals surface area contributed by atoms with E-state index in [0.717, 1.165) is 72.6 Å². The topological polar surface area (TPSA) is 106 Å². The van der Waals surface area contributed by atoms with Crippen molar-refractivity contribution < 1.29 is 19.1 Å². The molecule has 44 heavy (non-hydrogen) atoms. The van der Waals surface area contributed by atoms with E-state index in [9.17, 15) is 9.59 Å². The van der Waals surface area contributed by atoms with Crippen LogP contribution in [0.4, 0.5) is 0 Å². The number of aryl methyl sites for hydroxylation is 1. The van der Waals surface area contributed by atoms with Gasteiger partial charge in [-0.15, -0.1) is 0 Å². The predicted molar refractivity (Wildman–Crippen MR) is 176 cm³/mol. The van der Waals surface area contributed by atoms with Gasteiger partial charge in [0, 0.05) is 58.2 Å². The molecule has 1 aromatic heterocycles. The summed E-state index contributed by atoms with van der Waals surface area (Å²) >= 11 is 0. The van der Waals surface area contributed by atoms with Crippen LogP contribution in [0.1, 0.15) is 50.6 Å². The van der Waals surface area contributed by atoms with Gasteiger partial charge in [-0.1, -0.05) is 26.0 Å². The van der Waals surface area contributed by atoms with Crippen LogP contribution in [0.15, 0.2) is 48.7 Å². The zero-order chi connectivity index (χ0) is 32.6. The second kappa shape index (κ2) is 18.8. The average molecular weight is 609 g/mol. The Bertz CT molecular complexity index is 1290. The Morgan fingerprint density at radius 3 is 2.23 bits per heavy atom. The third-order valence-corrected chi connectivity index (χ3v) is 6.92. The molecule has 0 spiro atoms. The van der Waals surface area contributed by atoms with Crippen molar-refractivity contribution in [2.24, 2.45) is 12.8 Å². The van der Waals surface area contributed by atoms with E-state index >= 15 is 0 Å². The molecule has 0 unspecified atom stereocenters. The van der Waals surface area contributed by atoms with E-state index in [-0.39, 0.29) is 11.8 Å². The summed E-state index contributed by atoms with van der Waals surface area (Å²) in [6.45, 7) is 14.1. The predicted octanol–water partition coefficient (Wildman–Crippen LogP) is 4.84. The lowest BCUT2D eigenvalue weighted by atomic mass is 10.1. The fraction of sp³-hybridized carbons (Fsp3) is 0.500. The fourth-order valence-electron chi connectivity index (χ4n) is 4.61. The van der Waals surface area contributed by atoms with E-state index in [4.69, 9.17) is 9.47 Å². The number of nitrogens with zero attached hydrogens (tertiary/aromatic N) is 5. The molecular weight excluding hydrogens is 556 g/mol. The summed E-state index contributed by atoms with van der Waals surface area (Å²) in [6, 6.07) is 14.1. The molecule has 4 rings (SSSR count). The molecule has 2 N–H and O–H groups in total. The monoisotopic (exact) mass is 608 g/mol. The number of primary amides is 1. The molecule has 2 heterocycles. The molecule has 1 aliphatic rings. The molecule has 0 saturated carbocycles. The van der Waals surface area contributed by atoms with E-state index in [1.165, 1.54) is 19.9 Å². The summed E-state index contributed by atoms with van der Waals surface area (Å²) in [5, 5.41) is 0. The Balaban J connectivity index is 0.000000431. The average Bonchev–Trinajstić information content (AvgIpc) is 3.34. The highest BCUT2D eigenvalue weighted by atomic mass is 16.5. The van der Waals surface area contributed by atoms with Crippen LogP contribution >= 0.6 is 0 Å². The van der Waals surface area contributed by atoms with Gasteiger partial charge in [0.15, 0.2) is 0 Å². The third kappa shape index (κ3) is 12.5. The van der Waals surface area contributed by atoms with Crippen LogP contribution in [0.3, 0.4) is 0 Å². The van der Waals surface area contributed by atoms with Crippen LogP contribution < -0.4 is 10.5 Å². The Kier molecular flexibility index (Phi) is 15.6. The van der Waals surface area contributed by atoms with Crippen LogP contribution in [0.2, 0.25) is 0 Å². The van der Waals surface area contributed by atoms with Crippen LogP contribution in [-0.4, -0.2) is 90.1 Å². The van der Waals surface area contributed by atoms with Crippen molar-refractivity contribution in [1.82, 2.24) is 24.3 Å². The Labute approximate surface area is 263 Å². The highest BCUT2D eigenvalue weighted by molar-refractivity contribution is 5.75. The lowest BCUT2D eigenvalue weighted by Gasteiger charge is -2.25. The number of hydrogen-bond acceptors (Lipinski definition) is 7. The smallest absolute Gasteiger partial charge is 0.222 e. The molecule has 10 nitrogen and oxygen atoms in total. The number of aromatic nitrogens is 2. The fourth-order valence-corrected chi connectivity index (χ4v) is 4.61. The minimum atomic E-state index is -0.333. The molecule has 0 aliphatic carbocycles. The highest BCUT2D eigenvalue weighted by Crippen LogP contribution is 2.30. The number of imidazole rings is 1. The van der Waals surface area contributed by atoms with Crippen LogP contribution in [0.5, 0.6) is 11.5 Å². The van der Waals surface area contributed by atoms with Gasteiger partial charge in [0.1, 0.15) is 17.3 Å². The molecule has 1 fully saturated rings. The van der Waals surface area contributed by atoms with E-state index < -0.39 is 0 Å². The van der Waals surface area contributed by atoms with Crippen molar-refractivity contribution in [2.75, 3.05) is 54.0 Å². The molecular formula is C34H52N6O4. The maximum atomic E-state index is 12.0. The summed E-state index contributed by atoms with van der Waals surface area (Å²) in [7, 11) is 7.94. The molecule has 2 aromatic carbocycles. The van der Waals surface area contributed by atoms with Gasteiger partial charge < -0.3 is 29.6 Å². The van der Waals surface area contributed by atoms with Gasteiger partial charge in [-0.05, 0) is 69.9 Å². The molecule has 1 saturated heterocycles. The van der Waals surface area contributed by atoms with Crippen LogP contribution in [-0.2, 0) is 34.5 Å². The molecule has 2 amide bonds. The number of rotatable bonds is 10. The summed E-state index contributed by atoms with van der Waals surface area (Å²) in [6.07, 6.45) is 3.66. The normalized spacial score (nSPS) is 12.9. The number of carbonyl (C=O) groups excluding carboxylic acids is 2. The highest BCUT2D eigenvalue weighted by Gasteiger charge is 2.13. The number of ether oxygens (including phenoxy) is 2. The van der Waals surface area contributed by atoms with Gasteiger partial charge >= 0.3 is 0 Å². The van der Waals surface area contributed by atoms with Gasteiger partial charge in [0.05, 0.1) is 31.6 Å². The molecule has 3 aromatic rings. The molecule has 0 bridgehead atoms. The minimum Gasteiger partial charge on any atom is -0.457 e. The molecule has 242 valence electrons. The Morgan fingerprint density at radius 2 is 1.66 bits per heavy atom. The Morgan fingerprint density at radius 1 is 1.02 bits per heavy atom. The first-order chi connectivity index (χ1) is 20.9. The maximum Gasteiger partial charge on any atom is 0.222 e. The molecule has 1 aliphatic heterocycles. The van der Waals surface area contributed by atoms with Crippen LogP contribution in [0.25, 0.3) is 11.3 Å². The lowest BCUT2D eigenvalue weighted by molar-refractivity contribution is -0.130. The number of nitrogens with two attached hydrogens (primary N) is 1. The van der Waals surface area contributed by atoms with Gasteiger partial charge in [0.2, 0.25) is 11.8 Å². The lowest BCUT2D eigenvalue weighted by Crippen LogP contribution is -2.36. The molecule has 0 radical (unpaired) electrons. The number of amides is 2. The second-order valence-corrected chi connectivity index (χ2v) is 11.3. The van der Waals surface area contributed by atoms with Crippen molar-refractivity contribution >= 4 is 11.8 Å².